The van der Waals surface area contributed by atoms with Crippen LogP contribution in [0.25, 0.3) is 0 Å². The van der Waals surface area contributed by atoms with Crippen molar-refractivity contribution < 1.29 is 14.3 Å². The van der Waals surface area contributed by atoms with Gasteiger partial charge in [0.1, 0.15) is 0 Å². The first-order valence-electron chi connectivity index (χ1n) is 5.06. The predicted octanol–water partition coefficient (Wildman–Crippen LogP) is 2.70. The molecular weight excluding hydrogens is 337 g/mol. The van der Waals surface area contributed by atoms with Crippen LogP contribution in [0.5, 0.6) is 0 Å². The number of carbonyl (C=O) groups excluding carboxylic acids is 2. The number of alkyl halides is 3. The third kappa shape index (κ3) is 6.81. The van der Waals surface area contributed by atoms with Gasteiger partial charge >= 0.3 is 12.0 Å². The Hall–Kier alpha value is -0.760. The van der Waals surface area contributed by atoms with Gasteiger partial charge in [0.15, 0.2) is 5.13 Å². The molecule has 0 aliphatic heterocycles. The molecule has 19 heavy (non-hydrogen) atoms. The second-order valence-electron chi connectivity index (χ2n) is 3.20. The molecule has 0 atom stereocenters. The zero-order valence-corrected chi connectivity index (χ0v) is 12.8. The summed E-state index contributed by atoms with van der Waals surface area (Å²) in [7, 11) is 0. The maximum Gasteiger partial charge on any atom is 0.324 e. The quantitative estimate of drug-likeness (QED) is 0.499. The number of rotatable bonds is 4. The van der Waals surface area contributed by atoms with E-state index in [2.05, 4.69) is 15.6 Å². The molecule has 1 aromatic heterocycles. The number of ether oxygens (including phenoxy) is 1. The summed E-state index contributed by atoms with van der Waals surface area (Å²) in [4.78, 5) is 26.6. The standard InChI is InChI=1S/C9H10Cl3N3O3S/c1-2-18-6(16)3-5-4-19-8(13-5)14-7(17)15-9(10,11)12/h4H,2-3H2,1H3,(H2,13,14,15,17). The number of amides is 2. The lowest BCUT2D eigenvalue weighted by atomic mass is 10.3. The minimum Gasteiger partial charge on any atom is -0.466 e. The number of nitrogens with one attached hydrogen (secondary N) is 2. The number of hydrogen-bond acceptors (Lipinski definition) is 5. The van der Waals surface area contributed by atoms with Gasteiger partial charge in [-0.3, -0.25) is 15.4 Å². The number of anilines is 1. The molecule has 6 nitrogen and oxygen atoms in total. The molecule has 10 heteroatoms. The third-order valence-electron chi connectivity index (χ3n) is 1.66. The van der Waals surface area contributed by atoms with Gasteiger partial charge < -0.3 is 4.74 Å². The number of carbonyl (C=O) groups is 2. The van der Waals surface area contributed by atoms with Gasteiger partial charge in [-0.2, -0.15) is 0 Å². The van der Waals surface area contributed by atoms with E-state index in [0.29, 0.717) is 12.3 Å². The molecule has 0 saturated heterocycles. The lowest BCUT2D eigenvalue weighted by molar-refractivity contribution is -0.142. The van der Waals surface area contributed by atoms with Crippen LogP contribution >= 0.6 is 46.1 Å². The number of hydrogen-bond donors (Lipinski definition) is 2. The Morgan fingerprint density at radius 2 is 2.16 bits per heavy atom. The number of esters is 1. The van der Waals surface area contributed by atoms with Crippen molar-refractivity contribution in [3.05, 3.63) is 11.1 Å². The Bertz CT molecular complexity index is 461. The molecule has 1 heterocycles. The SMILES string of the molecule is CCOC(=O)Cc1csc(NC(=O)NC(Cl)(Cl)Cl)n1. The first-order valence-corrected chi connectivity index (χ1v) is 7.07. The molecule has 2 N–H and O–H groups in total. The van der Waals surface area contributed by atoms with E-state index in [1.54, 1.807) is 12.3 Å². The highest BCUT2D eigenvalue weighted by atomic mass is 35.6. The van der Waals surface area contributed by atoms with Crippen molar-refractivity contribution in [1.29, 1.82) is 0 Å². The van der Waals surface area contributed by atoms with Crippen molar-refractivity contribution in [2.75, 3.05) is 11.9 Å². The van der Waals surface area contributed by atoms with Gasteiger partial charge in [0, 0.05) is 5.38 Å². The number of aromatic nitrogens is 1. The largest absolute Gasteiger partial charge is 0.466 e. The number of nitrogens with zero attached hydrogens (tertiary/aromatic N) is 1. The number of thiazole rings is 1. The Kier molecular flexibility index (Phi) is 6.12. The van der Waals surface area contributed by atoms with Crippen LogP contribution < -0.4 is 10.6 Å². The zero-order chi connectivity index (χ0) is 14.5. The molecule has 0 aromatic carbocycles. The minimum absolute atomic E-state index is 0.0398. The van der Waals surface area contributed by atoms with E-state index in [1.807, 2.05) is 0 Å². The fourth-order valence-electron chi connectivity index (χ4n) is 1.06. The van der Waals surface area contributed by atoms with Crippen LogP contribution in [0.2, 0.25) is 0 Å². The van der Waals surface area contributed by atoms with E-state index in [0.717, 1.165) is 11.3 Å². The van der Waals surface area contributed by atoms with Crippen LogP contribution in [0.4, 0.5) is 9.93 Å². The van der Waals surface area contributed by atoms with E-state index in [4.69, 9.17) is 39.5 Å². The molecule has 1 rings (SSSR count). The maximum atomic E-state index is 11.4. The smallest absolute Gasteiger partial charge is 0.324 e. The molecule has 0 fully saturated rings. The summed E-state index contributed by atoms with van der Waals surface area (Å²) in [6.45, 7) is 2.02. The molecule has 0 bridgehead atoms. The summed E-state index contributed by atoms with van der Waals surface area (Å²) in [6.07, 6.45) is 0.0398. The van der Waals surface area contributed by atoms with Crippen LogP contribution in [0.1, 0.15) is 12.6 Å². The molecule has 1 aromatic rings. The third-order valence-corrected chi connectivity index (χ3v) is 2.75. The van der Waals surface area contributed by atoms with E-state index >= 15 is 0 Å². The first-order chi connectivity index (χ1) is 8.80. The van der Waals surface area contributed by atoms with Crippen molar-refractivity contribution in [2.45, 2.75) is 17.3 Å². The van der Waals surface area contributed by atoms with Gasteiger partial charge in [-0.25, -0.2) is 9.78 Å². The topological polar surface area (TPSA) is 80.3 Å². The molecular formula is C9H10Cl3N3O3S. The molecule has 106 valence electrons. The molecule has 0 aliphatic carbocycles. The van der Waals surface area contributed by atoms with Gasteiger partial charge in [-0.1, -0.05) is 34.8 Å². The summed E-state index contributed by atoms with van der Waals surface area (Å²) in [5, 5.41) is 6.35. The fourth-order valence-corrected chi connectivity index (χ4v) is 2.03. The highest BCUT2D eigenvalue weighted by Gasteiger charge is 2.22. The van der Waals surface area contributed by atoms with Crippen molar-refractivity contribution in [1.82, 2.24) is 10.3 Å². The van der Waals surface area contributed by atoms with E-state index in [-0.39, 0.29) is 17.5 Å². The summed E-state index contributed by atoms with van der Waals surface area (Å²) >= 11 is 17.3. The Balaban J connectivity index is 2.51. The van der Waals surface area contributed by atoms with E-state index < -0.39 is 9.95 Å². The molecule has 0 saturated carbocycles. The fraction of sp³-hybridized carbons (Fsp3) is 0.444. The average Bonchev–Trinajstić information content (AvgIpc) is 2.62. The molecule has 0 radical (unpaired) electrons. The van der Waals surface area contributed by atoms with Crippen LogP contribution in [-0.2, 0) is 16.0 Å². The zero-order valence-electron chi connectivity index (χ0n) is 9.71. The Labute approximate surface area is 128 Å². The van der Waals surface area contributed by atoms with Gasteiger partial charge in [0.2, 0.25) is 0 Å². The first kappa shape index (κ1) is 16.3. The maximum absolute atomic E-state index is 11.4. The van der Waals surface area contributed by atoms with Gasteiger partial charge in [0.25, 0.3) is 3.92 Å². The summed E-state index contributed by atoms with van der Waals surface area (Å²) in [5.41, 5.74) is 0.493. The summed E-state index contributed by atoms with van der Waals surface area (Å²) in [5.74, 6) is -0.384. The van der Waals surface area contributed by atoms with Crippen LogP contribution in [0.3, 0.4) is 0 Å². The van der Waals surface area contributed by atoms with Crippen molar-refractivity contribution in [2.24, 2.45) is 0 Å². The monoisotopic (exact) mass is 345 g/mol. The van der Waals surface area contributed by atoms with Crippen LogP contribution in [0, 0.1) is 0 Å². The molecule has 0 aliphatic rings. The summed E-state index contributed by atoms with van der Waals surface area (Å²) in [6, 6.07) is -0.711. The summed E-state index contributed by atoms with van der Waals surface area (Å²) < 4.78 is 2.88. The normalized spacial score (nSPS) is 10.9. The molecule has 0 spiro atoms. The van der Waals surface area contributed by atoms with Crippen molar-refractivity contribution in [3.63, 3.8) is 0 Å². The highest BCUT2D eigenvalue weighted by molar-refractivity contribution is 7.13. The number of urea groups is 1. The van der Waals surface area contributed by atoms with Crippen LogP contribution in [0.15, 0.2) is 5.38 Å². The minimum atomic E-state index is -1.89. The second kappa shape index (κ2) is 7.14. The lowest BCUT2D eigenvalue weighted by Gasteiger charge is -2.12. The average molecular weight is 347 g/mol. The van der Waals surface area contributed by atoms with Gasteiger partial charge in [0.05, 0.1) is 18.7 Å². The Morgan fingerprint density at radius 1 is 1.47 bits per heavy atom. The van der Waals surface area contributed by atoms with E-state index in [1.165, 1.54) is 0 Å². The van der Waals surface area contributed by atoms with Crippen LogP contribution in [-0.4, -0.2) is 27.5 Å². The number of halogens is 3. The molecule has 2 amide bonds. The van der Waals surface area contributed by atoms with Crippen molar-refractivity contribution in [3.8, 4) is 0 Å². The highest BCUT2D eigenvalue weighted by Crippen LogP contribution is 2.22. The van der Waals surface area contributed by atoms with Gasteiger partial charge in [-0.05, 0) is 6.92 Å². The van der Waals surface area contributed by atoms with Crippen molar-refractivity contribution >= 4 is 63.3 Å². The molecule has 0 unspecified atom stereocenters. The van der Waals surface area contributed by atoms with Gasteiger partial charge in [-0.15, -0.1) is 11.3 Å². The second-order valence-corrected chi connectivity index (χ2v) is 6.34. The predicted molar refractivity (Wildman–Crippen MR) is 74.9 cm³/mol. The Morgan fingerprint density at radius 3 is 2.74 bits per heavy atom. The van der Waals surface area contributed by atoms with E-state index in [9.17, 15) is 9.59 Å². The lowest BCUT2D eigenvalue weighted by Crippen LogP contribution is -2.37.